The van der Waals surface area contributed by atoms with Gasteiger partial charge in [0.15, 0.2) is 15.5 Å². The number of aryl methyl sites for hydroxylation is 2. The molecule has 3 aliphatic rings. The van der Waals surface area contributed by atoms with E-state index >= 15 is 0 Å². The fourth-order valence-corrected chi connectivity index (χ4v) is 4.95. The van der Waals surface area contributed by atoms with Crippen LogP contribution in [0.1, 0.15) is 29.2 Å². The molecule has 0 radical (unpaired) electrons. The van der Waals surface area contributed by atoms with E-state index < -0.39 is 21.5 Å². The van der Waals surface area contributed by atoms with Crippen LogP contribution in [0.4, 0.5) is 10.5 Å². The fraction of sp³-hybridized carbons (Fsp3) is 0.444. The lowest BCUT2D eigenvalue weighted by Gasteiger charge is -2.31. The number of nitrogens with two attached hydrogens (primary N) is 1. The lowest BCUT2D eigenvalue weighted by molar-refractivity contribution is 0.0399. The first-order valence-electron chi connectivity index (χ1n) is 9.18. The number of benzene rings is 1. The molecule has 0 saturated heterocycles. The molecule has 2 atom stereocenters. The summed E-state index contributed by atoms with van der Waals surface area (Å²) in [5, 5.41) is 22.3. The van der Waals surface area contributed by atoms with Crippen LogP contribution >= 0.6 is 0 Å². The number of rotatable bonds is 3. The van der Waals surface area contributed by atoms with Gasteiger partial charge in [-0.15, -0.1) is 4.36 Å². The zero-order valence-corrected chi connectivity index (χ0v) is 16.2. The van der Waals surface area contributed by atoms with Crippen molar-refractivity contribution in [3.63, 3.8) is 0 Å². The zero-order valence-electron chi connectivity index (χ0n) is 15.4. The number of carbonyl (C=O) groups is 1. The summed E-state index contributed by atoms with van der Waals surface area (Å²) in [5.74, 6) is 0.175. The van der Waals surface area contributed by atoms with Gasteiger partial charge < -0.3 is 15.2 Å². The van der Waals surface area contributed by atoms with Gasteiger partial charge in [0.2, 0.25) is 5.88 Å². The van der Waals surface area contributed by atoms with Crippen molar-refractivity contribution in [3.05, 3.63) is 34.5 Å². The van der Waals surface area contributed by atoms with Crippen molar-refractivity contribution < 1.29 is 18.8 Å². The number of aromatic nitrogens is 2. The number of hydrogen-bond acceptors (Lipinski definition) is 5. The Balaban J connectivity index is 1.45. The average Bonchev–Trinajstić information content (AvgIpc) is 3.08. The molecule has 10 heteroatoms. The minimum Gasteiger partial charge on any atom is -0.466 e. The first-order valence-corrected chi connectivity index (χ1v) is 10.8. The van der Waals surface area contributed by atoms with Crippen LogP contribution in [0.2, 0.25) is 0 Å². The topological polar surface area (TPSA) is 132 Å². The second kappa shape index (κ2) is 5.79. The molecule has 4 N–H and O–H groups in total. The maximum atomic E-state index is 13.0. The van der Waals surface area contributed by atoms with E-state index in [2.05, 4.69) is 20.8 Å². The number of aliphatic hydroxyl groups excluding tert-OH is 1. The van der Waals surface area contributed by atoms with Crippen LogP contribution in [-0.2, 0) is 42.1 Å². The molecule has 9 nitrogen and oxygen atoms in total. The molecule has 5 rings (SSSR count). The smallest absolute Gasteiger partial charge is 0.354 e. The zero-order chi connectivity index (χ0) is 19.7. The van der Waals surface area contributed by atoms with Crippen molar-refractivity contribution in [3.8, 4) is 5.88 Å². The first kappa shape index (κ1) is 17.7. The molecule has 2 aromatic rings. The van der Waals surface area contributed by atoms with Gasteiger partial charge in [-0.3, -0.25) is 0 Å². The molecular formula is C18H21N5O4S. The SMILES string of the molecule is C[C@@]1(CO)Cn2ncc(S(N)(=O)=NC(=O)Nc3c4c(cc5c3CC5)CC4)c2O1. The maximum Gasteiger partial charge on any atom is 0.354 e. The number of fused-ring (bicyclic) bond motifs is 3. The molecule has 0 fully saturated rings. The largest absolute Gasteiger partial charge is 0.466 e. The van der Waals surface area contributed by atoms with E-state index in [9.17, 15) is 14.1 Å². The third-order valence-corrected chi connectivity index (χ3v) is 7.05. The van der Waals surface area contributed by atoms with Gasteiger partial charge in [-0.2, -0.15) is 5.10 Å². The number of hydrogen-bond donors (Lipinski definition) is 3. The van der Waals surface area contributed by atoms with E-state index in [-0.39, 0.29) is 17.4 Å². The molecule has 1 aromatic heterocycles. The number of nitrogens with zero attached hydrogens (tertiary/aromatic N) is 3. The number of ether oxygens (including phenoxy) is 1. The highest BCUT2D eigenvalue weighted by molar-refractivity contribution is 7.91. The highest BCUT2D eigenvalue weighted by Gasteiger charge is 2.39. The number of aliphatic hydroxyl groups is 1. The Morgan fingerprint density at radius 1 is 1.39 bits per heavy atom. The lowest BCUT2D eigenvalue weighted by Crippen LogP contribution is -2.35. The van der Waals surface area contributed by atoms with Gasteiger partial charge in [-0.1, -0.05) is 6.07 Å². The van der Waals surface area contributed by atoms with Crippen molar-refractivity contribution in [1.29, 1.82) is 0 Å². The number of amides is 2. The molecule has 0 bridgehead atoms. The summed E-state index contributed by atoms with van der Waals surface area (Å²) < 4.78 is 23.9. The summed E-state index contributed by atoms with van der Waals surface area (Å²) in [6.45, 7) is 1.77. The summed E-state index contributed by atoms with van der Waals surface area (Å²) in [6, 6.07) is 1.46. The van der Waals surface area contributed by atoms with E-state index in [0.29, 0.717) is 6.54 Å². The third kappa shape index (κ3) is 2.55. The lowest BCUT2D eigenvalue weighted by atomic mass is 9.76. The Morgan fingerprint density at radius 3 is 2.64 bits per heavy atom. The number of carbonyl (C=O) groups excluding carboxylic acids is 1. The molecule has 2 aliphatic carbocycles. The van der Waals surface area contributed by atoms with Crippen molar-refractivity contribution >= 4 is 21.6 Å². The van der Waals surface area contributed by atoms with Crippen molar-refractivity contribution in [1.82, 2.24) is 9.78 Å². The van der Waals surface area contributed by atoms with Crippen molar-refractivity contribution in [2.75, 3.05) is 11.9 Å². The number of nitrogens with one attached hydrogen (secondary N) is 1. The Hall–Kier alpha value is -2.43. The van der Waals surface area contributed by atoms with Crippen LogP contribution in [0, 0.1) is 0 Å². The summed E-state index contributed by atoms with van der Waals surface area (Å²) >= 11 is 0. The molecule has 0 spiro atoms. The molecule has 1 aromatic carbocycles. The number of anilines is 1. The van der Waals surface area contributed by atoms with Crippen LogP contribution in [-0.4, -0.2) is 37.3 Å². The third-order valence-electron chi connectivity index (χ3n) is 5.70. The van der Waals surface area contributed by atoms with Crippen LogP contribution in [0.3, 0.4) is 0 Å². The Morgan fingerprint density at radius 2 is 2.07 bits per heavy atom. The first-order chi connectivity index (χ1) is 13.3. The molecule has 2 heterocycles. The summed E-state index contributed by atoms with van der Waals surface area (Å²) in [6.07, 6.45) is 5.16. The van der Waals surface area contributed by atoms with Crippen LogP contribution in [0.5, 0.6) is 5.88 Å². The van der Waals surface area contributed by atoms with Crippen LogP contribution in [0.15, 0.2) is 21.5 Å². The van der Waals surface area contributed by atoms with E-state index in [0.717, 1.165) is 42.5 Å². The second-order valence-corrected chi connectivity index (χ2v) is 9.56. The molecule has 0 saturated carbocycles. The molecular weight excluding hydrogens is 382 g/mol. The van der Waals surface area contributed by atoms with Gasteiger partial charge in [0, 0.05) is 5.69 Å². The van der Waals surface area contributed by atoms with Gasteiger partial charge in [-0.05, 0) is 54.9 Å². The van der Waals surface area contributed by atoms with E-state index in [1.54, 1.807) is 6.92 Å². The molecule has 1 aliphatic heterocycles. The van der Waals surface area contributed by atoms with E-state index in [4.69, 9.17) is 9.88 Å². The standard InChI is InChI=1S/C18H21N5O4S/c1-18(9-24)8-23-16(27-18)14(7-20-23)28(19,26)22-17(25)21-15-12-4-2-10(12)6-11-3-5-13(11)15/h6-7,24H,2-5,8-9H2,1H3,(H3,19,21,22,25,26)/t18-,28?/m0/s1. The average molecular weight is 403 g/mol. The number of urea groups is 1. The molecule has 1 unspecified atom stereocenters. The molecule has 2 amide bonds. The highest BCUT2D eigenvalue weighted by atomic mass is 32.2. The quantitative estimate of drug-likeness (QED) is 0.707. The Kier molecular flexibility index (Phi) is 3.65. The minimum atomic E-state index is -3.56. The second-order valence-electron chi connectivity index (χ2n) is 7.80. The normalized spacial score (nSPS) is 23.2. The van der Waals surface area contributed by atoms with Crippen LogP contribution in [0.25, 0.3) is 0 Å². The fourth-order valence-electron chi connectivity index (χ4n) is 3.96. The van der Waals surface area contributed by atoms with Crippen molar-refractivity contribution in [2.45, 2.75) is 49.6 Å². The molecule has 148 valence electrons. The minimum absolute atomic E-state index is 0.0499. The van der Waals surface area contributed by atoms with Crippen LogP contribution < -0.4 is 15.2 Å². The predicted octanol–water partition coefficient (Wildman–Crippen LogP) is 1.16. The predicted molar refractivity (Wildman–Crippen MR) is 102 cm³/mol. The molecule has 28 heavy (non-hydrogen) atoms. The maximum absolute atomic E-state index is 13.0. The summed E-state index contributed by atoms with van der Waals surface area (Å²) in [4.78, 5) is 12.6. The van der Waals surface area contributed by atoms with Gasteiger partial charge in [-0.25, -0.2) is 18.8 Å². The van der Waals surface area contributed by atoms with E-state index in [1.165, 1.54) is 22.0 Å². The van der Waals surface area contributed by atoms with Gasteiger partial charge in [0.25, 0.3) is 0 Å². The highest BCUT2D eigenvalue weighted by Crippen LogP contribution is 2.41. The summed E-state index contributed by atoms with van der Waals surface area (Å²) in [7, 11) is -3.56. The Bertz CT molecular complexity index is 1120. The van der Waals surface area contributed by atoms with Gasteiger partial charge in [0.05, 0.1) is 19.3 Å². The van der Waals surface area contributed by atoms with Crippen molar-refractivity contribution in [2.24, 2.45) is 9.50 Å². The summed E-state index contributed by atoms with van der Waals surface area (Å²) in [5.41, 5.74) is 4.73. The van der Waals surface area contributed by atoms with Gasteiger partial charge in [0.1, 0.15) is 4.90 Å². The monoisotopic (exact) mass is 403 g/mol. The Labute approximate surface area is 162 Å². The van der Waals surface area contributed by atoms with E-state index in [1.807, 2.05) is 0 Å². The van der Waals surface area contributed by atoms with Gasteiger partial charge >= 0.3 is 6.03 Å².